The second-order valence-corrected chi connectivity index (χ2v) is 6.82. The lowest BCUT2D eigenvalue weighted by atomic mass is 10.1. The number of anilines is 1. The Bertz CT molecular complexity index is 757. The monoisotopic (exact) mass is 361 g/mol. The number of unbranched alkanes of at least 4 members (excludes halogenated alkanes) is 1. The van der Waals surface area contributed by atoms with E-state index in [1.54, 1.807) is 29.2 Å². The summed E-state index contributed by atoms with van der Waals surface area (Å²) >= 11 is 6.05. The van der Waals surface area contributed by atoms with Gasteiger partial charge in [0, 0.05) is 30.1 Å². The Balaban J connectivity index is 2.01. The van der Waals surface area contributed by atoms with Gasteiger partial charge in [-0.2, -0.15) is 0 Å². The van der Waals surface area contributed by atoms with Crippen LogP contribution in [-0.4, -0.2) is 27.1 Å². The Hall–Kier alpha value is -1.85. The number of amides is 1. The Kier molecular flexibility index (Phi) is 5.76. The van der Waals surface area contributed by atoms with Gasteiger partial charge in [-0.1, -0.05) is 31.0 Å². The fraction of sp³-hybridized carbons (Fsp3) is 0.474. The molecule has 0 spiro atoms. The third-order valence-electron chi connectivity index (χ3n) is 4.62. The molecule has 1 amide bonds. The van der Waals surface area contributed by atoms with Gasteiger partial charge in [0.2, 0.25) is 0 Å². The van der Waals surface area contributed by atoms with E-state index in [-0.39, 0.29) is 12.5 Å². The molecule has 1 aromatic carbocycles. The highest BCUT2D eigenvalue weighted by Gasteiger charge is 2.27. The van der Waals surface area contributed by atoms with Crippen LogP contribution in [0.4, 0.5) is 5.82 Å². The molecule has 134 valence electrons. The molecule has 0 radical (unpaired) electrons. The van der Waals surface area contributed by atoms with Crippen molar-refractivity contribution in [2.45, 2.75) is 52.2 Å². The molecule has 2 heterocycles. The molecule has 1 N–H and O–H groups in total. The highest BCUT2D eigenvalue weighted by molar-refractivity contribution is 6.31. The Morgan fingerprint density at radius 3 is 2.96 bits per heavy atom. The van der Waals surface area contributed by atoms with Gasteiger partial charge < -0.3 is 9.67 Å². The van der Waals surface area contributed by atoms with Crippen molar-refractivity contribution >= 4 is 23.3 Å². The van der Waals surface area contributed by atoms with Crippen molar-refractivity contribution in [1.29, 1.82) is 0 Å². The number of rotatable bonds is 6. The van der Waals surface area contributed by atoms with Gasteiger partial charge in [-0.05, 0) is 37.5 Å². The predicted octanol–water partition coefficient (Wildman–Crippen LogP) is 3.81. The number of nitrogens with zero attached hydrogens (tertiary/aromatic N) is 3. The van der Waals surface area contributed by atoms with Gasteiger partial charge in [0.1, 0.15) is 5.82 Å². The lowest BCUT2D eigenvalue weighted by Crippen LogP contribution is -2.33. The quantitative estimate of drug-likeness (QED) is 0.851. The van der Waals surface area contributed by atoms with Gasteiger partial charge in [0.05, 0.1) is 12.3 Å². The number of carbonyl (C=O) groups excluding carboxylic acids is 1. The van der Waals surface area contributed by atoms with Crippen molar-refractivity contribution in [3.63, 3.8) is 0 Å². The zero-order valence-electron chi connectivity index (χ0n) is 14.5. The van der Waals surface area contributed by atoms with Crippen LogP contribution in [0.5, 0.6) is 0 Å². The fourth-order valence-electron chi connectivity index (χ4n) is 3.30. The minimum Gasteiger partial charge on any atom is -0.390 e. The van der Waals surface area contributed by atoms with Gasteiger partial charge >= 0.3 is 0 Å². The van der Waals surface area contributed by atoms with Crippen molar-refractivity contribution in [2.24, 2.45) is 0 Å². The Labute approximate surface area is 153 Å². The van der Waals surface area contributed by atoms with Crippen molar-refractivity contribution in [1.82, 2.24) is 9.55 Å². The molecule has 1 aliphatic rings. The first-order chi connectivity index (χ1) is 12.2. The van der Waals surface area contributed by atoms with Crippen LogP contribution in [0.2, 0.25) is 5.02 Å². The minimum absolute atomic E-state index is 0.117. The summed E-state index contributed by atoms with van der Waals surface area (Å²) in [5, 5.41) is 10.4. The topological polar surface area (TPSA) is 58.4 Å². The van der Waals surface area contributed by atoms with Crippen LogP contribution < -0.4 is 4.90 Å². The fourth-order valence-corrected chi connectivity index (χ4v) is 3.49. The zero-order valence-corrected chi connectivity index (χ0v) is 15.3. The average Bonchev–Trinajstić information content (AvgIpc) is 3.00. The third kappa shape index (κ3) is 3.72. The Morgan fingerprint density at radius 1 is 1.40 bits per heavy atom. The summed E-state index contributed by atoms with van der Waals surface area (Å²) in [5.74, 6) is 1.43. The smallest absolute Gasteiger partial charge is 0.259 e. The number of imidazole rings is 1. The van der Waals surface area contributed by atoms with Crippen molar-refractivity contribution in [3.8, 4) is 0 Å². The molecule has 2 aromatic rings. The summed E-state index contributed by atoms with van der Waals surface area (Å²) < 4.78 is 2.07. The van der Waals surface area contributed by atoms with E-state index < -0.39 is 0 Å². The number of aliphatic hydroxyl groups is 1. The molecule has 25 heavy (non-hydrogen) atoms. The van der Waals surface area contributed by atoms with Gasteiger partial charge in [-0.15, -0.1) is 0 Å². The lowest BCUT2D eigenvalue weighted by molar-refractivity contribution is 0.0985. The first-order valence-electron chi connectivity index (χ1n) is 8.92. The predicted molar refractivity (Wildman–Crippen MR) is 99.1 cm³/mol. The molecule has 0 aliphatic carbocycles. The molecule has 0 bridgehead atoms. The normalized spacial score (nSPS) is 13.6. The van der Waals surface area contributed by atoms with E-state index in [2.05, 4.69) is 11.5 Å². The number of hydrogen-bond acceptors (Lipinski definition) is 3. The highest BCUT2D eigenvalue weighted by Crippen LogP contribution is 2.28. The van der Waals surface area contributed by atoms with E-state index in [9.17, 15) is 9.90 Å². The van der Waals surface area contributed by atoms with Gasteiger partial charge in [0.15, 0.2) is 5.82 Å². The number of aromatic nitrogens is 2. The van der Waals surface area contributed by atoms with E-state index >= 15 is 0 Å². The number of carbonyl (C=O) groups is 1. The van der Waals surface area contributed by atoms with Crippen LogP contribution in [0, 0.1) is 0 Å². The molecule has 1 aromatic heterocycles. The van der Waals surface area contributed by atoms with Crippen molar-refractivity contribution in [2.75, 3.05) is 11.4 Å². The standard InChI is InChI=1S/C19H24ClN3O2/c1-2-3-10-23(19(25)14-7-6-8-15(20)12-14)18-16(13-24)22-11-5-4-9-17(22)21-18/h6-8,12,24H,2-5,9-11,13H2,1H3. The first kappa shape index (κ1) is 18.0. The third-order valence-corrected chi connectivity index (χ3v) is 4.86. The molecule has 0 unspecified atom stereocenters. The minimum atomic E-state index is -0.124. The molecular weight excluding hydrogens is 338 g/mol. The second-order valence-electron chi connectivity index (χ2n) is 6.39. The summed E-state index contributed by atoms with van der Waals surface area (Å²) in [6.07, 6.45) is 4.91. The molecule has 0 saturated carbocycles. The lowest BCUT2D eigenvalue weighted by Gasteiger charge is -2.22. The van der Waals surface area contributed by atoms with Gasteiger partial charge in [-0.3, -0.25) is 9.69 Å². The first-order valence-corrected chi connectivity index (χ1v) is 9.30. The maximum Gasteiger partial charge on any atom is 0.259 e. The molecule has 5 nitrogen and oxygen atoms in total. The number of fused-ring (bicyclic) bond motifs is 1. The van der Waals surface area contributed by atoms with Gasteiger partial charge in [0.25, 0.3) is 5.91 Å². The summed E-state index contributed by atoms with van der Waals surface area (Å²) in [7, 11) is 0. The van der Waals surface area contributed by atoms with Gasteiger partial charge in [-0.25, -0.2) is 4.98 Å². The van der Waals surface area contributed by atoms with Crippen LogP contribution in [-0.2, 0) is 19.6 Å². The van der Waals surface area contributed by atoms with Crippen LogP contribution >= 0.6 is 11.6 Å². The number of hydrogen-bond donors (Lipinski definition) is 1. The SMILES string of the molecule is CCCCN(C(=O)c1cccc(Cl)c1)c1nc2n(c1CO)CCCC2. The van der Waals surface area contributed by atoms with E-state index in [1.807, 2.05) is 0 Å². The molecule has 0 atom stereocenters. The summed E-state index contributed by atoms with van der Waals surface area (Å²) in [6.45, 7) is 3.40. The largest absolute Gasteiger partial charge is 0.390 e. The van der Waals surface area contributed by atoms with Crippen LogP contribution in [0.3, 0.4) is 0 Å². The second kappa shape index (κ2) is 8.02. The molecule has 0 saturated heterocycles. The van der Waals surface area contributed by atoms with E-state index in [0.717, 1.165) is 50.2 Å². The number of halogens is 1. The van der Waals surface area contributed by atoms with Crippen LogP contribution in [0.1, 0.15) is 54.5 Å². The van der Waals surface area contributed by atoms with Crippen LogP contribution in [0.15, 0.2) is 24.3 Å². The molecule has 6 heteroatoms. The highest BCUT2D eigenvalue weighted by atomic mass is 35.5. The molecule has 1 aliphatic heterocycles. The molecule has 0 fully saturated rings. The van der Waals surface area contributed by atoms with E-state index in [1.165, 1.54) is 0 Å². The number of aryl methyl sites for hydroxylation is 1. The number of benzene rings is 1. The van der Waals surface area contributed by atoms with Crippen molar-refractivity contribution in [3.05, 3.63) is 46.4 Å². The summed E-state index contributed by atoms with van der Waals surface area (Å²) in [5.41, 5.74) is 1.28. The zero-order chi connectivity index (χ0) is 17.8. The van der Waals surface area contributed by atoms with Crippen molar-refractivity contribution < 1.29 is 9.90 Å². The summed E-state index contributed by atoms with van der Waals surface area (Å²) in [6, 6.07) is 6.97. The maximum atomic E-state index is 13.1. The number of aliphatic hydroxyl groups excluding tert-OH is 1. The maximum absolute atomic E-state index is 13.1. The summed E-state index contributed by atoms with van der Waals surface area (Å²) in [4.78, 5) is 19.5. The molecular formula is C19H24ClN3O2. The van der Waals surface area contributed by atoms with Crippen LogP contribution in [0.25, 0.3) is 0 Å². The molecule has 3 rings (SSSR count). The average molecular weight is 362 g/mol. The Morgan fingerprint density at radius 2 is 2.24 bits per heavy atom. The van der Waals surface area contributed by atoms with E-state index in [4.69, 9.17) is 16.6 Å². The van der Waals surface area contributed by atoms with E-state index in [0.29, 0.717) is 22.9 Å².